The number of amides is 1. The molecule has 1 aromatic carbocycles. The maximum Gasteiger partial charge on any atom is 0.258 e. The lowest BCUT2D eigenvalue weighted by atomic mass is 10.1. The van der Waals surface area contributed by atoms with Gasteiger partial charge in [-0.3, -0.25) is 10.6 Å². The predicted molar refractivity (Wildman–Crippen MR) is 83.6 cm³/mol. The zero-order chi connectivity index (χ0) is 14.7. The Morgan fingerprint density at radius 2 is 2.00 bits per heavy atom. The number of nitrogen functional groups attached to an aromatic ring is 1. The maximum absolute atomic E-state index is 12.2. The minimum Gasteiger partial charge on any atom is -0.323 e. The number of nitrogens with zero attached hydrogens (tertiary/aromatic N) is 1. The van der Waals surface area contributed by atoms with Crippen LogP contribution in [0.2, 0.25) is 0 Å². The van der Waals surface area contributed by atoms with Gasteiger partial charge in [0, 0.05) is 4.47 Å². The normalized spacial score (nSPS) is 10.2. The highest BCUT2D eigenvalue weighted by Crippen LogP contribution is 2.20. The number of hydrogen-bond acceptors (Lipinski definition) is 4. The van der Waals surface area contributed by atoms with Gasteiger partial charge in [-0.2, -0.15) is 0 Å². The molecular weight excluding hydrogens is 320 g/mol. The van der Waals surface area contributed by atoms with Crippen LogP contribution in [0.3, 0.4) is 0 Å². The number of halogens is 1. The molecule has 0 saturated heterocycles. The number of hydrazine groups is 1. The summed E-state index contributed by atoms with van der Waals surface area (Å²) in [6.07, 6.45) is 0. The Bertz CT molecular complexity index is 658. The summed E-state index contributed by atoms with van der Waals surface area (Å²) in [7, 11) is 0. The van der Waals surface area contributed by atoms with E-state index in [0.717, 1.165) is 15.7 Å². The van der Waals surface area contributed by atoms with E-state index in [1.165, 1.54) is 0 Å². The molecule has 20 heavy (non-hydrogen) atoms. The standard InChI is InChI=1S/C14H15BrN4O/c1-8-3-4-10(12(7-8)19-16)14(20)18-13-6-5-11(15)9(2)17-13/h3-7,19H,16H2,1-2H3,(H,17,18,20). The number of carbonyl (C=O) groups is 1. The molecule has 0 aliphatic rings. The average Bonchev–Trinajstić information content (AvgIpc) is 2.42. The largest absolute Gasteiger partial charge is 0.323 e. The van der Waals surface area contributed by atoms with Crippen molar-refractivity contribution in [2.24, 2.45) is 5.84 Å². The van der Waals surface area contributed by atoms with Gasteiger partial charge in [-0.15, -0.1) is 0 Å². The number of carbonyl (C=O) groups excluding carboxylic acids is 1. The second kappa shape index (κ2) is 6.02. The van der Waals surface area contributed by atoms with Gasteiger partial charge in [-0.05, 0) is 59.6 Å². The van der Waals surface area contributed by atoms with Crippen molar-refractivity contribution in [3.8, 4) is 0 Å². The van der Waals surface area contributed by atoms with Gasteiger partial charge in [-0.25, -0.2) is 4.98 Å². The third-order valence-corrected chi connectivity index (χ3v) is 3.68. The van der Waals surface area contributed by atoms with Gasteiger partial charge >= 0.3 is 0 Å². The van der Waals surface area contributed by atoms with Gasteiger partial charge in [0.25, 0.3) is 5.91 Å². The van der Waals surface area contributed by atoms with E-state index < -0.39 is 0 Å². The Labute approximate surface area is 125 Å². The number of benzene rings is 1. The number of rotatable bonds is 3. The van der Waals surface area contributed by atoms with Crippen molar-refractivity contribution in [2.75, 3.05) is 10.7 Å². The van der Waals surface area contributed by atoms with Gasteiger partial charge in [-0.1, -0.05) is 6.07 Å². The number of aromatic nitrogens is 1. The maximum atomic E-state index is 12.2. The highest BCUT2D eigenvalue weighted by molar-refractivity contribution is 9.10. The fourth-order valence-corrected chi connectivity index (χ4v) is 1.99. The van der Waals surface area contributed by atoms with Crippen molar-refractivity contribution in [3.63, 3.8) is 0 Å². The SMILES string of the molecule is Cc1ccc(C(=O)Nc2ccc(Br)c(C)n2)c(NN)c1. The summed E-state index contributed by atoms with van der Waals surface area (Å²) < 4.78 is 0.898. The number of anilines is 2. The van der Waals surface area contributed by atoms with E-state index in [9.17, 15) is 4.79 Å². The van der Waals surface area contributed by atoms with Gasteiger partial charge in [0.05, 0.1) is 16.9 Å². The first-order valence-corrected chi connectivity index (χ1v) is 6.82. The van der Waals surface area contributed by atoms with Crippen LogP contribution in [0.1, 0.15) is 21.6 Å². The molecule has 4 N–H and O–H groups in total. The first kappa shape index (κ1) is 14.5. The summed E-state index contributed by atoms with van der Waals surface area (Å²) in [5.41, 5.74) is 5.42. The molecule has 0 unspecified atom stereocenters. The first-order valence-electron chi connectivity index (χ1n) is 6.03. The quantitative estimate of drug-likeness (QED) is 0.595. The number of aryl methyl sites for hydroxylation is 2. The Hall–Kier alpha value is -1.92. The molecule has 1 heterocycles. The second-order valence-corrected chi connectivity index (χ2v) is 5.27. The Balaban J connectivity index is 2.25. The van der Waals surface area contributed by atoms with E-state index in [4.69, 9.17) is 5.84 Å². The van der Waals surface area contributed by atoms with Crippen molar-refractivity contribution in [2.45, 2.75) is 13.8 Å². The van der Waals surface area contributed by atoms with Crippen LogP contribution in [-0.4, -0.2) is 10.9 Å². The topological polar surface area (TPSA) is 80.0 Å². The third kappa shape index (κ3) is 3.15. The molecule has 0 fully saturated rings. The molecule has 0 bridgehead atoms. The van der Waals surface area contributed by atoms with Gasteiger partial charge in [0.2, 0.25) is 0 Å². The summed E-state index contributed by atoms with van der Waals surface area (Å²) in [4.78, 5) is 16.5. The summed E-state index contributed by atoms with van der Waals surface area (Å²) in [6, 6.07) is 8.98. The second-order valence-electron chi connectivity index (χ2n) is 4.41. The lowest BCUT2D eigenvalue weighted by molar-refractivity contribution is 0.102. The van der Waals surface area contributed by atoms with Crippen molar-refractivity contribution in [1.82, 2.24) is 4.98 Å². The number of nitrogens with two attached hydrogens (primary N) is 1. The van der Waals surface area contributed by atoms with Crippen molar-refractivity contribution in [1.29, 1.82) is 0 Å². The fourth-order valence-electron chi connectivity index (χ4n) is 1.77. The van der Waals surface area contributed by atoms with E-state index in [2.05, 4.69) is 31.7 Å². The van der Waals surface area contributed by atoms with Gasteiger partial charge in [0.15, 0.2) is 0 Å². The monoisotopic (exact) mass is 334 g/mol. The summed E-state index contributed by atoms with van der Waals surface area (Å²) in [5, 5.41) is 2.75. The van der Waals surface area contributed by atoms with Crippen LogP contribution < -0.4 is 16.6 Å². The predicted octanol–water partition coefficient (Wildman–Crippen LogP) is 3.00. The minimum absolute atomic E-state index is 0.257. The molecule has 0 radical (unpaired) electrons. The van der Waals surface area contributed by atoms with Crippen LogP contribution in [0.25, 0.3) is 0 Å². The Morgan fingerprint density at radius 3 is 2.65 bits per heavy atom. The van der Waals surface area contributed by atoms with Gasteiger partial charge < -0.3 is 10.7 Å². The lowest BCUT2D eigenvalue weighted by Gasteiger charge is -2.10. The van der Waals surface area contributed by atoms with Crippen LogP contribution in [0.5, 0.6) is 0 Å². The molecule has 0 aliphatic heterocycles. The summed E-state index contributed by atoms with van der Waals surface area (Å²) >= 11 is 3.37. The van der Waals surface area contributed by atoms with Gasteiger partial charge in [0.1, 0.15) is 5.82 Å². The molecule has 2 rings (SSSR count). The fraction of sp³-hybridized carbons (Fsp3) is 0.143. The molecule has 1 amide bonds. The summed E-state index contributed by atoms with van der Waals surface area (Å²) in [5.74, 6) is 5.68. The molecule has 104 valence electrons. The molecule has 0 spiro atoms. The Kier molecular flexibility index (Phi) is 4.36. The Morgan fingerprint density at radius 1 is 1.25 bits per heavy atom. The van der Waals surface area contributed by atoms with E-state index in [0.29, 0.717) is 17.1 Å². The van der Waals surface area contributed by atoms with Crippen molar-refractivity contribution in [3.05, 3.63) is 51.6 Å². The van der Waals surface area contributed by atoms with Crippen LogP contribution in [0.15, 0.2) is 34.8 Å². The van der Waals surface area contributed by atoms with E-state index >= 15 is 0 Å². The van der Waals surface area contributed by atoms with E-state index in [1.807, 2.05) is 32.0 Å². The highest BCUT2D eigenvalue weighted by atomic mass is 79.9. The molecule has 2 aromatic rings. The van der Waals surface area contributed by atoms with E-state index in [-0.39, 0.29) is 5.91 Å². The third-order valence-electron chi connectivity index (χ3n) is 2.84. The van der Waals surface area contributed by atoms with Crippen LogP contribution in [0, 0.1) is 13.8 Å². The van der Waals surface area contributed by atoms with Crippen LogP contribution in [-0.2, 0) is 0 Å². The molecule has 0 saturated carbocycles. The molecule has 1 aromatic heterocycles. The number of pyridine rings is 1. The molecule has 0 atom stereocenters. The molecule has 5 nitrogen and oxygen atoms in total. The number of nitrogens with one attached hydrogen (secondary N) is 2. The van der Waals surface area contributed by atoms with Crippen molar-refractivity contribution < 1.29 is 4.79 Å². The molecule has 0 aliphatic carbocycles. The van der Waals surface area contributed by atoms with E-state index in [1.54, 1.807) is 12.1 Å². The van der Waals surface area contributed by atoms with Crippen LogP contribution in [0.4, 0.5) is 11.5 Å². The first-order chi connectivity index (χ1) is 9.51. The number of hydrogen-bond donors (Lipinski definition) is 3. The average molecular weight is 335 g/mol. The zero-order valence-corrected chi connectivity index (χ0v) is 12.8. The zero-order valence-electron chi connectivity index (χ0n) is 11.2. The minimum atomic E-state index is -0.257. The molecular formula is C14H15BrN4O. The lowest BCUT2D eigenvalue weighted by Crippen LogP contribution is -2.18. The van der Waals surface area contributed by atoms with Crippen LogP contribution >= 0.6 is 15.9 Å². The summed E-state index contributed by atoms with van der Waals surface area (Å²) in [6.45, 7) is 3.79. The smallest absolute Gasteiger partial charge is 0.258 e. The highest BCUT2D eigenvalue weighted by Gasteiger charge is 2.12. The van der Waals surface area contributed by atoms with Crippen molar-refractivity contribution >= 4 is 33.3 Å². The molecule has 6 heteroatoms.